The highest BCUT2D eigenvalue weighted by Crippen LogP contribution is 2.12. The maximum atomic E-state index is 12.8. The first kappa shape index (κ1) is 17.8. The van der Waals surface area contributed by atoms with Gasteiger partial charge in [0, 0.05) is 7.05 Å². The first-order valence-electron chi connectivity index (χ1n) is 6.98. The van der Waals surface area contributed by atoms with Crippen LogP contribution in [0, 0.1) is 5.82 Å². The number of hydrogen-bond donors (Lipinski definition) is 1. The summed E-state index contributed by atoms with van der Waals surface area (Å²) in [4.78, 5) is 11.9. The Morgan fingerprint density at radius 1 is 1.17 bits per heavy atom. The number of halogens is 1. The molecular weight excluding hydrogens is 333 g/mol. The smallest absolute Gasteiger partial charge is 0.255 e. The van der Waals surface area contributed by atoms with Crippen molar-refractivity contribution in [1.29, 1.82) is 0 Å². The molecule has 0 saturated heterocycles. The summed E-state index contributed by atoms with van der Waals surface area (Å²) in [6.45, 7) is -0.377. The van der Waals surface area contributed by atoms with Crippen molar-refractivity contribution in [3.05, 3.63) is 66.0 Å². The third-order valence-corrected chi connectivity index (χ3v) is 4.91. The normalized spacial score (nSPS) is 11.8. The van der Waals surface area contributed by atoms with E-state index >= 15 is 0 Å². The first-order chi connectivity index (χ1) is 11.4. The fourth-order valence-electron chi connectivity index (χ4n) is 1.82. The molecule has 126 valence electrons. The Hall–Kier alpha value is -2.58. The van der Waals surface area contributed by atoms with E-state index in [1.165, 1.54) is 49.7 Å². The molecule has 0 fully saturated rings. The molecule has 0 aliphatic carbocycles. The fraction of sp³-hybridized carbons (Fsp3) is 0.125. The first-order valence-corrected chi connectivity index (χ1v) is 8.42. The van der Waals surface area contributed by atoms with Crippen LogP contribution in [0.5, 0.6) is 0 Å². The summed E-state index contributed by atoms with van der Waals surface area (Å²) in [7, 11) is -2.43. The van der Waals surface area contributed by atoms with Gasteiger partial charge in [-0.15, -0.1) is 0 Å². The Balaban J connectivity index is 1.93. The van der Waals surface area contributed by atoms with Crippen LogP contribution in [-0.4, -0.2) is 38.4 Å². The third kappa shape index (κ3) is 4.71. The SMILES string of the molecule is CN(CC(=O)N/N=C/c1ccc(F)cc1)S(=O)(=O)c1ccccc1. The van der Waals surface area contributed by atoms with Crippen LogP contribution in [0.2, 0.25) is 0 Å². The molecule has 0 aliphatic heterocycles. The van der Waals surface area contributed by atoms with Gasteiger partial charge in [-0.1, -0.05) is 30.3 Å². The predicted molar refractivity (Wildman–Crippen MR) is 88.4 cm³/mol. The summed E-state index contributed by atoms with van der Waals surface area (Å²) in [6.07, 6.45) is 1.34. The number of likely N-dealkylation sites (N-methyl/N-ethyl adjacent to an activating group) is 1. The predicted octanol–water partition coefficient (Wildman–Crippen LogP) is 1.60. The van der Waals surface area contributed by atoms with Crippen LogP contribution in [0.25, 0.3) is 0 Å². The molecule has 0 aliphatic rings. The summed E-state index contributed by atoms with van der Waals surface area (Å²) in [5, 5.41) is 3.71. The van der Waals surface area contributed by atoms with Gasteiger partial charge >= 0.3 is 0 Å². The van der Waals surface area contributed by atoms with E-state index in [4.69, 9.17) is 0 Å². The van der Waals surface area contributed by atoms with E-state index in [-0.39, 0.29) is 17.3 Å². The molecule has 0 aromatic heterocycles. The van der Waals surface area contributed by atoms with Crippen molar-refractivity contribution in [2.45, 2.75) is 4.90 Å². The lowest BCUT2D eigenvalue weighted by atomic mass is 10.2. The molecule has 0 unspecified atom stereocenters. The molecule has 6 nitrogen and oxygen atoms in total. The van der Waals surface area contributed by atoms with Gasteiger partial charge in [-0.3, -0.25) is 4.79 Å². The number of hydrogen-bond acceptors (Lipinski definition) is 4. The maximum Gasteiger partial charge on any atom is 0.255 e. The van der Waals surface area contributed by atoms with Gasteiger partial charge < -0.3 is 0 Å². The molecule has 0 radical (unpaired) electrons. The Kier molecular flexibility index (Phi) is 5.78. The monoisotopic (exact) mass is 349 g/mol. The molecule has 0 saturated carbocycles. The van der Waals surface area contributed by atoms with E-state index in [1.54, 1.807) is 18.2 Å². The maximum absolute atomic E-state index is 12.8. The topological polar surface area (TPSA) is 78.8 Å². The number of carbonyl (C=O) groups excluding carboxylic acids is 1. The molecule has 1 amide bonds. The minimum absolute atomic E-state index is 0.107. The molecule has 1 N–H and O–H groups in total. The van der Waals surface area contributed by atoms with Crippen molar-refractivity contribution in [3.8, 4) is 0 Å². The summed E-state index contributed by atoms with van der Waals surface area (Å²) >= 11 is 0. The number of amides is 1. The molecule has 0 bridgehead atoms. The summed E-state index contributed by atoms with van der Waals surface area (Å²) in [5.41, 5.74) is 2.83. The third-order valence-electron chi connectivity index (χ3n) is 3.09. The van der Waals surface area contributed by atoms with Crippen molar-refractivity contribution in [3.63, 3.8) is 0 Å². The highest BCUT2D eigenvalue weighted by molar-refractivity contribution is 7.89. The van der Waals surface area contributed by atoms with Gasteiger partial charge in [0.2, 0.25) is 10.0 Å². The molecular formula is C16H16FN3O3S. The number of rotatable bonds is 6. The standard InChI is InChI=1S/C16H16FN3O3S/c1-20(24(22,23)15-5-3-2-4-6-15)12-16(21)19-18-11-13-7-9-14(17)10-8-13/h2-11H,12H2,1H3,(H,19,21)/b18-11+. The minimum Gasteiger partial charge on any atom is -0.272 e. The van der Waals surface area contributed by atoms with Gasteiger partial charge in [-0.25, -0.2) is 18.2 Å². The van der Waals surface area contributed by atoms with Gasteiger partial charge in [0.05, 0.1) is 17.7 Å². The summed E-state index contributed by atoms with van der Waals surface area (Å²) < 4.78 is 38.2. The van der Waals surface area contributed by atoms with E-state index < -0.39 is 15.9 Å². The number of carbonyl (C=O) groups is 1. The molecule has 24 heavy (non-hydrogen) atoms. The van der Waals surface area contributed by atoms with Crippen molar-refractivity contribution in [2.24, 2.45) is 5.10 Å². The number of hydrazone groups is 1. The second kappa shape index (κ2) is 7.80. The number of benzene rings is 2. The van der Waals surface area contributed by atoms with E-state index in [0.29, 0.717) is 5.56 Å². The van der Waals surface area contributed by atoms with E-state index in [1.807, 2.05) is 0 Å². The number of nitrogens with one attached hydrogen (secondary N) is 1. The van der Waals surface area contributed by atoms with E-state index in [9.17, 15) is 17.6 Å². The number of nitrogens with zero attached hydrogens (tertiary/aromatic N) is 2. The Morgan fingerprint density at radius 3 is 2.42 bits per heavy atom. The van der Waals surface area contributed by atoms with Crippen molar-refractivity contribution in [2.75, 3.05) is 13.6 Å². The van der Waals surface area contributed by atoms with Gasteiger partial charge in [0.15, 0.2) is 0 Å². The van der Waals surface area contributed by atoms with Crippen molar-refractivity contribution >= 4 is 22.1 Å². The summed E-state index contributed by atoms with van der Waals surface area (Å²) in [6, 6.07) is 13.4. The van der Waals surface area contributed by atoms with E-state index in [0.717, 1.165) is 4.31 Å². The molecule has 2 rings (SSSR count). The van der Waals surface area contributed by atoms with Gasteiger partial charge in [0.25, 0.3) is 5.91 Å². The van der Waals surface area contributed by atoms with Crippen LogP contribution in [0.15, 0.2) is 64.6 Å². The highest BCUT2D eigenvalue weighted by atomic mass is 32.2. The Bertz CT molecular complexity index is 821. The molecule has 0 atom stereocenters. The van der Waals surface area contributed by atoms with Crippen LogP contribution >= 0.6 is 0 Å². The Morgan fingerprint density at radius 2 is 1.79 bits per heavy atom. The zero-order valence-electron chi connectivity index (χ0n) is 12.9. The van der Waals surface area contributed by atoms with Crippen LogP contribution in [0.1, 0.15) is 5.56 Å². The van der Waals surface area contributed by atoms with Crippen LogP contribution in [-0.2, 0) is 14.8 Å². The second-order valence-corrected chi connectivity index (χ2v) is 6.96. The molecule has 2 aromatic carbocycles. The Labute approximate surface area is 139 Å². The average Bonchev–Trinajstić information content (AvgIpc) is 2.57. The lowest BCUT2D eigenvalue weighted by molar-refractivity contribution is -0.121. The van der Waals surface area contributed by atoms with Crippen LogP contribution in [0.4, 0.5) is 4.39 Å². The van der Waals surface area contributed by atoms with Gasteiger partial charge in [-0.2, -0.15) is 9.41 Å². The lowest BCUT2D eigenvalue weighted by Gasteiger charge is -2.15. The average molecular weight is 349 g/mol. The molecule has 8 heteroatoms. The largest absolute Gasteiger partial charge is 0.272 e. The van der Waals surface area contributed by atoms with Crippen molar-refractivity contribution in [1.82, 2.24) is 9.73 Å². The molecule has 0 heterocycles. The van der Waals surface area contributed by atoms with E-state index in [2.05, 4.69) is 10.5 Å². The highest BCUT2D eigenvalue weighted by Gasteiger charge is 2.22. The molecule has 0 spiro atoms. The van der Waals surface area contributed by atoms with Crippen LogP contribution in [0.3, 0.4) is 0 Å². The summed E-state index contributed by atoms with van der Waals surface area (Å²) in [5.74, 6) is -0.959. The van der Waals surface area contributed by atoms with Gasteiger partial charge in [0.1, 0.15) is 5.82 Å². The number of sulfonamides is 1. The second-order valence-electron chi connectivity index (χ2n) is 4.92. The minimum atomic E-state index is -3.74. The quantitative estimate of drug-likeness (QED) is 0.635. The van der Waals surface area contributed by atoms with Gasteiger partial charge in [-0.05, 0) is 29.8 Å². The zero-order valence-corrected chi connectivity index (χ0v) is 13.7. The zero-order chi connectivity index (χ0) is 17.6. The lowest BCUT2D eigenvalue weighted by Crippen LogP contribution is -2.36. The fourth-order valence-corrected chi connectivity index (χ4v) is 2.97. The van der Waals surface area contributed by atoms with Crippen molar-refractivity contribution < 1.29 is 17.6 Å². The molecule has 2 aromatic rings. The van der Waals surface area contributed by atoms with Crippen LogP contribution < -0.4 is 5.43 Å².